The maximum atomic E-state index is 12.0. The van der Waals surface area contributed by atoms with Crippen molar-refractivity contribution >= 4 is 11.7 Å². The fourth-order valence-corrected chi connectivity index (χ4v) is 3.03. The molecule has 1 aliphatic heterocycles. The first-order valence-corrected chi connectivity index (χ1v) is 7.27. The highest BCUT2D eigenvalue weighted by atomic mass is 16.5. The summed E-state index contributed by atoms with van der Waals surface area (Å²) in [7, 11) is 0. The topological polar surface area (TPSA) is 38.3 Å². The van der Waals surface area contributed by atoms with Gasteiger partial charge >= 0.3 is 5.97 Å². The largest absolute Gasteiger partial charge is 0.466 e. The first-order chi connectivity index (χ1) is 10.1. The van der Waals surface area contributed by atoms with Crippen LogP contribution in [0.2, 0.25) is 0 Å². The van der Waals surface area contributed by atoms with Crippen molar-refractivity contribution in [2.45, 2.75) is 25.8 Å². The van der Waals surface area contributed by atoms with Gasteiger partial charge < -0.3 is 10.1 Å². The Hall–Kier alpha value is -2.29. The summed E-state index contributed by atoms with van der Waals surface area (Å²) < 4.78 is 5.13. The molecule has 0 fully saturated rings. The summed E-state index contributed by atoms with van der Waals surface area (Å²) in [5, 5.41) is 3.52. The van der Waals surface area contributed by atoms with Crippen LogP contribution in [0.1, 0.15) is 25.8 Å². The van der Waals surface area contributed by atoms with Gasteiger partial charge in [-0.15, -0.1) is 0 Å². The summed E-state index contributed by atoms with van der Waals surface area (Å²) in [4.78, 5) is 12.0. The highest BCUT2D eigenvalue weighted by Crippen LogP contribution is 2.44. The van der Waals surface area contributed by atoms with Gasteiger partial charge in [0.05, 0.1) is 18.6 Å². The number of fused-ring (bicyclic) bond motifs is 3. The number of carbonyl (C=O) groups excluding carboxylic acids is 1. The molecule has 0 spiro atoms. The molecule has 0 saturated carbocycles. The summed E-state index contributed by atoms with van der Waals surface area (Å²) in [5.74, 6) is -0.179. The second-order valence-electron chi connectivity index (χ2n) is 5.53. The Kier molecular flexibility index (Phi) is 3.42. The molecule has 2 aromatic rings. The van der Waals surface area contributed by atoms with Crippen LogP contribution in [0.25, 0.3) is 11.1 Å². The smallest absolute Gasteiger partial charge is 0.308 e. The molecule has 2 aromatic carbocycles. The molecule has 1 atom stereocenters. The van der Waals surface area contributed by atoms with Crippen molar-refractivity contribution in [1.29, 1.82) is 0 Å². The van der Waals surface area contributed by atoms with Gasteiger partial charge in [-0.25, -0.2) is 0 Å². The van der Waals surface area contributed by atoms with Crippen LogP contribution < -0.4 is 5.32 Å². The molecule has 3 nitrogen and oxygen atoms in total. The summed E-state index contributed by atoms with van der Waals surface area (Å²) in [5.41, 5.74) is 4.10. The number of esters is 1. The van der Waals surface area contributed by atoms with E-state index in [1.54, 1.807) is 0 Å². The van der Waals surface area contributed by atoms with E-state index >= 15 is 0 Å². The summed E-state index contributed by atoms with van der Waals surface area (Å²) in [6, 6.07) is 16.4. The molecule has 0 bridgehead atoms. The molecule has 1 heterocycles. The van der Waals surface area contributed by atoms with Crippen LogP contribution in [0.15, 0.2) is 48.5 Å². The quantitative estimate of drug-likeness (QED) is 0.866. The first-order valence-electron chi connectivity index (χ1n) is 7.27. The third-order valence-corrected chi connectivity index (χ3v) is 3.95. The number of para-hydroxylation sites is 1. The van der Waals surface area contributed by atoms with Gasteiger partial charge in [0.1, 0.15) is 0 Å². The lowest BCUT2D eigenvalue weighted by Gasteiger charge is -2.38. The average molecular weight is 281 g/mol. The van der Waals surface area contributed by atoms with Gasteiger partial charge in [-0.05, 0) is 31.0 Å². The highest BCUT2D eigenvalue weighted by molar-refractivity contribution is 5.86. The molecule has 0 amide bonds. The van der Waals surface area contributed by atoms with E-state index in [9.17, 15) is 4.79 Å². The Morgan fingerprint density at radius 3 is 2.52 bits per heavy atom. The van der Waals surface area contributed by atoms with E-state index in [0.29, 0.717) is 13.0 Å². The first kappa shape index (κ1) is 13.7. The van der Waals surface area contributed by atoms with Gasteiger partial charge in [-0.3, -0.25) is 4.79 Å². The number of hydrogen-bond acceptors (Lipinski definition) is 3. The van der Waals surface area contributed by atoms with E-state index in [-0.39, 0.29) is 5.97 Å². The van der Waals surface area contributed by atoms with Crippen LogP contribution in [0.3, 0.4) is 0 Å². The average Bonchev–Trinajstić information content (AvgIpc) is 2.47. The fourth-order valence-electron chi connectivity index (χ4n) is 3.03. The Morgan fingerprint density at radius 2 is 1.76 bits per heavy atom. The van der Waals surface area contributed by atoms with Crippen molar-refractivity contribution in [3.63, 3.8) is 0 Å². The normalized spacial score (nSPS) is 19.1. The van der Waals surface area contributed by atoms with E-state index < -0.39 is 5.54 Å². The fraction of sp³-hybridized carbons (Fsp3) is 0.278. The van der Waals surface area contributed by atoms with Gasteiger partial charge in [-0.1, -0.05) is 42.5 Å². The minimum atomic E-state index is -0.447. The number of benzene rings is 2. The van der Waals surface area contributed by atoms with Crippen molar-refractivity contribution in [3.05, 3.63) is 54.1 Å². The molecule has 21 heavy (non-hydrogen) atoms. The Morgan fingerprint density at radius 1 is 1.10 bits per heavy atom. The molecule has 1 aliphatic rings. The summed E-state index contributed by atoms with van der Waals surface area (Å²) in [6.07, 6.45) is 0.312. The minimum absolute atomic E-state index is 0.179. The summed E-state index contributed by atoms with van der Waals surface area (Å²) >= 11 is 0. The Labute approximate surface area is 124 Å². The van der Waals surface area contributed by atoms with E-state index in [0.717, 1.165) is 11.3 Å². The van der Waals surface area contributed by atoms with Crippen LogP contribution in [0.5, 0.6) is 0 Å². The number of hydrogen-bond donors (Lipinski definition) is 1. The van der Waals surface area contributed by atoms with Crippen LogP contribution in [-0.2, 0) is 15.1 Å². The molecule has 108 valence electrons. The SMILES string of the molecule is CCOC(=O)CC1(C)Nc2ccccc2-c2ccccc21. The zero-order valence-electron chi connectivity index (χ0n) is 12.3. The number of ether oxygens (including phenoxy) is 1. The highest BCUT2D eigenvalue weighted by Gasteiger charge is 2.36. The van der Waals surface area contributed by atoms with Crippen molar-refractivity contribution in [3.8, 4) is 11.1 Å². The minimum Gasteiger partial charge on any atom is -0.466 e. The van der Waals surface area contributed by atoms with Crippen LogP contribution in [-0.4, -0.2) is 12.6 Å². The third-order valence-electron chi connectivity index (χ3n) is 3.95. The van der Waals surface area contributed by atoms with Gasteiger partial charge in [0.2, 0.25) is 0 Å². The molecule has 0 aliphatic carbocycles. The van der Waals surface area contributed by atoms with Gasteiger partial charge in [-0.2, -0.15) is 0 Å². The summed E-state index contributed by atoms with van der Waals surface area (Å²) in [6.45, 7) is 4.30. The molecule has 0 saturated heterocycles. The van der Waals surface area contributed by atoms with Crippen LogP contribution in [0.4, 0.5) is 5.69 Å². The number of carbonyl (C=O) groups is 1. The number of rotatable bonds is 3. The molecule has 1 unspecified atom stereocenters. The lowest BCUT2D eigenvalue weighted by molar-refractivity contribution is -0.144. The second kappa shape index (κ2) is 5.24. The molecular weight excluding hydrogens is 262 g/mol. The molecule has 0 aromatic heterocycles. The molecule has 1 N–H and O–H groups in total. The van der Waals surface area contributed by atoms with E-state index in [1.165, 1.54) is 11.1 Å². The monoisotopic (exact) mass is 281 g/mol. The lowest BCUT2D eigenvalue weighted by Crippen LogP contribution is -2.38. The van der Waals surface area contributed by atoms with Gasteiger partial charge in [0.25, 0.3) is 0 Å². The van der Waals surface area contributed by atoms with E-state index in [4.69, 9.17) is 4.74 Å². The van der Waals surface area contributed by atoms with Crippen LogP contribution >= 0.6 is 0 Å². The number of nitrogens with one attached hydrogen (secondary N) is 1. The van der Waals surface area contributed by atoms with E-state index in [2.05, 4.69) is 36.5 Å². The molecule has 0 radical (unpaired) electrons. The zero-order chi connectivity index (χ0) is 14.9. The van der Waals surface area contributed by atoms with Crippen molar-refractivity contribution < 1.29 is 9.53 Å². The standard InChI is InChI=1S/C18H19NO2/c1-3-21-17(20)12-18(2)15-10-6-4-8-13(15)14-9-5-7-11-16(14)19-18/h4-11,19H,3,12H2,1-2H3. The Balaban J connectivity index is 2.07. The molecule has 3 heteroatoms. The van der Waals surface area contributed by atoms with Crippen LogP contribution in [0, 0.1) is 0 Å². The predicted octanol–water partition coefficient (Wildman–Crippen LogP) is 3.95. The lowest BCUT2D eigenvalue weighted by atomic mass is 9.79. The molecule has 3 rings (SSSR count). The van der Waals surface area contributed by atoms with Gasteiger partial charge in [0.15, 0.2) is 0 Å². The maximum Gasteiger partial charge on any atom is 0.308 e. The third kappa shape index (κ3) is 2.40. The van der Waals surface area contributed by atoms with Crippen molar-refractivity contribution in [1.82, 2.24) is 0 Å². The van der Waals surface area contributed by atoms with E-state index in [1.807, 2.05) is 31.2 Å². The Bertz CT molecular complexity index is 680. The number of anilines is 1. The van der Waals surface area contributed by atoms with Crippen molar-refractivity contribution in [2.24, 2.45) is 0 Å². The predicted molar refractivity (Wildman–Crippen MR) is 84.1 cm³/mol. The molecular formula is C18H19NO2. The van der Waals surface area contributed by atoms with Gasteiger partial charge in [0, 0.05) is 11.3 Å². The van der Waals surface area contributed by atoms with Crippen molar-refractivity contribution in [2.75, 3.05) is 11.9 Å². The second-order valence-corrected chi connectivity index (χ2v) is 5.53. The maximum absolute atomic E-state index is 12.0. The zero-order valence-corrected chi connectivity index (χ0v) is 12.3.